The van der Waals surface area contributed by atoms with Crippen molar-refractivity contribution in [3.8, 4) is 10.4 Å². The van der Waals surface area contributed by atoms with Gasteiger partial charge in [0.25, 0.3) is 0 Å². The zero-order valence-corrected chi connectivity index (χ0v) is 14.6. The number of thiophene rings is 1. The molecule has 1 aliphatic rings. The van der Waals surface area contributed by atoms with Crippen molar-refractivity contribution in [1.29, 1.82) is 0 Å². The van der Waals surface area contributed by atoms with Crippen LogP contribution in [0.3, 0.4) is 0 Å². The molecule has 2 heterocycles. The van der Waals surface area contributed by atoms with Crippen molar-refractivity contribution in [2.24, 2.45) is 5.73 Å². The van der Waals surface area contributed by atoms with Gasteiger partial charge >= 0.3 is 0 Å². The van der Waals surface area contributed by atoms with Crippen LogP contribution in [0.2, 0.25) is 0 Å². The van der Waals surface area contributed by atoms with Crippen LogP contribution >= 0.6 is 11.3 Å². The van der Waals surface area contributed by atoms with Crippen molar-refractivity contribution in [2.75, 3.05) is 26.2 Å². The summed E-state index contributed by atoms with van der Waals surface area (Å²) in [5.41, 5.74) is 6.58. The molecule has 4 nitrogen and oxygen atoms in total. The normalized spacial score (nSPS) is 17.0. The highest BCUT2D eigenvalue weighted by Gasteiger charge is 2.23. The lowest BCUT2D eigenvalue weighted by molar-refractivity contribution is -0.134. The number of carbonyl (C=O) groups is 1. The van der Waals surface area contributed by atoms with Crippen molar-refractivity contribution in [2.45, 2.75) is 19.5 Å². The molecule has 0 unspecified atom stereocenters. The zero-order valence-electron chi connectivity index (χ0n) is 13.7. The molecule has 1 fully saturated rings. The summed E-state index contributed by atoms with van der Waals surface area (Å²) < 4.78 is 13.3. The third kappa shape index (κ3) is 4.01. The molecule has 1 saturated heterocycles. The third-order valence-corrected chi connectivity index (χ3v) is 5.34. The van der Waals surface area contributed by atoms with E-state index >= 15 is 0 Å². The van der Waals surface area contributed by atoms with E-state index in [0.717, 1.165) is 43.2 Å². The van der Waals surface area contributed by atoms with Gasteiger partial charge in [-0.25, -0.2) is 4.39 Å². The van der Waals surface area contributed by atoms with Gasteiger partial charge in [-0.05, 0) is 36.8 Å². The first-order chi connectivity index (χ1) is 11.5. The number of nitrogens with two attached hydrogens (primary N) is 1. The summed E-state index contributed by atoms with van der Waals surface area (Å²) in [6.07, 6.45) is 0. The second-order valence-corrected chi connectivity index (χ2v) is 7.33. The van der Waals surface area contributed by atoms with Crippen molar-refractivity contribution >= 4 is 17.2 Å². The van der Waals surface area contributed by atoms with Gasteiger partial charge in [0.15, 0.2) is 0 Å². The van der Waals surface area contributed by atoms with E-state index in [4.69, 9.17) is 5.73 Å². The Bertz CT molecular complexity index is 708. The predicted molar refractivity (Wildman–Crippen MR) is 95.2 cm³/mol. The maximum Gasteiger partial charge on any atom is 0.239 e. The smallest absolute Gasteiger partial charge is 0.239 e. The van der Waals surface area contributed by atoms with Crippen molar-refractivity contribution < 1.29 is 9.18 Å². The fraction of sp³-hybridized carbons (Fsp3) is 0.389. The molecule has 3 rings (SSSR count). The highest BCUT2D eigenvalue weighted by Crippen LogP contribution is 2.29. The number of carbonyl (C=O) groups excluding carboxylic acids is 1. The van der Waals surface area contributed by atoms with Gasteiger partial charge in [0, 0.05) is 42.5 Å². The lowest BCUT2D eigenvalue weighted by atomic mass is 10.2. The van der Waals surface area contributed by atoms with Gasteiger partial charge in [-0.15, -0.1) is 11.3 Å². The van der Waals surface area contributed by atoms with Gasteiger partial charge in [-0.3, -0.25) is 9.69 Å². The molecule has 0 spiro atoms. The first-order valence-electron chi connectivity index (χ1n) is 8.14. The van der Waals surface area contributed by atoms with Crippen LogP contribution in [0.15, 0.2) is 36.4 Å². The van der Waals surface area contributed by atoms with Crippen molar-refractivity contribution in [1.82, 2.24) is 9.80 Å². The van der Waals surface area contributed by atoms with Gasteiger partial charge in [0.1, 0.15) is 5.82 Å². The summed E-state index contributed by atoms with van der Waals surface area (Å²) in [6.45, 7) is 5.75. The van der Waals surface area contributed by atoms with E-state index in [-0.39, 0.29) is 11.7 Å². The molecule has 1 aliphatic heterocycles. The van der Waals surface area contributed by atoms with Crippen LogP contribution in [0.1, 0.15) is 11.8 Å². The average Bonchev–Trinajstić information content (AvgIpc) is 3.03. The summed E-state index contributed by atoms with van der Waals surface area (Å²) in [5.74, 6) is -0.184. The molecular formula is C18H22FN3OS. The number of amides is 1. The van der Waals surface area contributed by atoms with Crippen molar-refractivity contribution in [3.63, 3.8) is 0 Å². The quantitative estimate of drug-likeness (QED) is 0.925. The maximum absolute atomic E-state index is 13.3. The van der Waals surface area contributed by atoms with Crippen LogP contribution < -0.4 is 5.73 Å². The topological polar surface area (TPSA) is 49.6 Å². The Morgan fingerprint density at radius 2 is 2.00 bits per heavy atom. The molecule has 6 heteroatoms. The molecule has 1 aromatic heterocycles. The Hall–Kier alpha value is -1.76. The minimum atomic E-state index is -0.428. The second kappa shape index (κ2) is 7.42. The number of hydrogen-bond donors (Lipinski definition) is 1. The largest absolute Gasteiger partial charge is 0.339 e. The molecule has 1 aromatic carbocycles. The van der Waals surface area contributed by atoms with E-state index in [9.17, 15) is 9.18 Å². The minimum absolute atomic E-state index is 0.0270. The maximum atomic E-state index is 13.3. The molecule has 2 N–H and O–H groups in total. The number of rotatable bonds is 4. The van der Waals surface area contributed by atoms with Crippen LogP contribution in [-0.2, 0) is 11.3 Å². The van der Waals surface area contributed by atoms with E-state index in [1.165, 1.54) is 10.9 Å². The van der Waals surface area contributed by atoms with Gasteiger partial charge in [-0.1, -0.05) is 12.1 Å². The molecule has 2 aromatic rings. The molecule has 1 atom stereocenters. The molecule has 24 heavy (non-hydrogen) atoms. The summed E-state index contributed by atoms with van der Waals surface area (Å²) >= 11 is 1.69. The van der Waals surface area contributed by atoms with E-state index in [0.29, 0.717) is 0 Å². The minimum Gasteiger partial charge on any atom is -0.339 e. The fourth-order valence-corrected chi connectivity index (χ4v) is 3.94. The second-order valence-electron chi connectivity index (χ2n) is 6.17. The predicted octanol–water partition coefficient (Wildman–Crippen LogP) is 2.55. The Kier molecular flexibility index (Phi) is 5.28. The van der Waals surface area contributed by atoms with Gasteiger partial charge in [0.05, 0.1) is 6.04 Å². The fourth-order valence-electron chi connectivity index (χ4n) is 2.89. The Balaban J connectivity index is 1.57. The van der Waals surface area contributed by atoms with Crippen LogP contribution in [-0.4, -0.2) is 47.9 Å². The van der Waals surface area contributed by atoms with Crippen LogP contribution in [0.25, 0.3) is 10.4 Å². The van der Waals surface area contributed by atoms with Crippen LogP contribution in [0.5, 0.6) is 0 Å². The van der Waals surface area contributed by atoms with Crippen molar-refractivity contribution in [3.05, 3.63) is 47.1 Å². The Labute approximate surface area is 145 Å². The van der Waals surface area contributed by atoms with Gasteiger partial charge in [0.2, 0.25) is 5.91 Å². The van der Waals surface area contributed by atoms with E-state index in [2.05, 4.69) is 11.0 Å². The molecule has 0 bridgehead atoms. The average molecular weight is 347 g/mol. The molecule has 0 aliphatic carbocycles. The molecule has 1 amide bonds. The standard InChI is InChI=1S/C18H22FN3OS/c1-13(20)18(23)22-9-7-21(8-10-22)12-16-5-6-17(24-16)14-3-2-4-15(19)11-14/h2-6,11,13H,7-10,12,20H2,1H3/t13-/m1/s1. The van der Waals surface area contributed by atoms with E-state index in [1.54, 1.807) is 30.4 Å². The summed E-state index contributed by atoms with van der Waals surface area (Å²) in [7, 11) is 0. The summed E-state index contributed by atoms with van der Waals surface area (Å²) in [4.78, 5) is 18.4. The molecule has 0 saturated carbocycles. The van der Waals surface area contributed by atoms with E-state index < -0.39 is 6.04 Å². The number of benzene rings is 1. The summed E-state index contributed by atoms with van der Waals surface area (Å²) in [6, 6.07) is 10.4. The van der Waals surface area contributed by atoms with Crippen LogP contribution in [0, 0.1) is 5.82 Å². The Morgan fingerprint density at radius 1 is 1.25 bits per heavy atom. The number of hydrogen-bond acceptors (Lipinski definition) is 4. The first kappa shape index (κ1) is 17.1. The Morgan fingerprint density at radius 3 is 2.67 bits per heavy atom. The molecular weight excluding hydrogens is 325 g/mol. The summed E-state index contributed by atoms with van der Waals surface area (Å²) in [5, 5.41) is 0. The number of halogens is 1. The van der Waals surface area contributed by atoms with E-state index in [1.807, 2.05) is 17.0 Å². The first-order valence-corrected chi connectivity index (χ1v) is 8.96. The monoisotopic (exact) mass is 347 g/mol. The number of nitrogens with zero attached hydrogens (tertiary/aromatic N) is 2. The zero-order chi connectivity index (χ0) is 17.1. The molecule has 0 radical (unpaired) electrons. The third-order valence-electron chi connectivity index (χ3n) is 4.22. The lowest BCUT2D eigenvalue weighted by Crippen LogP contribution is -2.52. The highest BCUT2D eigenvalue weighted by molar-refractivity contribution is 7.15. The van der Waals surface area contributed by atoms with Gasteiger partial charge in [-0.2, -0.15) is 0 Å². The van der Waals surface area contributed by atoms with Crippen LogP contribution in [0.4, 0.5) is 4.39 Å². The highest BCUT2D eigenvalue weighted by atomic mass is 32.1. The van der Waals surface area contributed by atoms with Gasteiger partial charge < -0.3 is 10.6 Å². The molecule has 128 valence electrons. The lowest BCUT2D eigenvalue weighted by Gasteiger charge is -2.35. The SMILES string of the molecule is C[C@@H](N)C(=O)N1CCN(Cc2ccc(-c3cccc(F)c3)s2)CC1. The number of piperazine rings is 1.